The first-order valence-electron chi connectivity index (χ1n) is 6.60. The van der Waals surface area contributed by atoms with Crippen LogP contribution >= 0.6 is 0 Å². The summed E-state index contributed by atoms with van der Waals surface area (Å²) in [7, 11) is 4.27. The minimum absolute atomic E-state index is 0.0769. The number of pyridine rings is 1. The second kappa shape index (κ2) is 5.67. The van der Waals surface area contributed by atoms with Gasteiger partial charge in [0, 0.05) is 25.3 Å². The molecule has 2 heterocycles. The second-order valence-electron chi connectivity index (χ2n) is 5.29. The molecule has 1 aliphatic rings. The number of likely N-dealkylation sites (tertiary alicyclic amines) is 1. The molecule has 4 nitrogen and oxygen atoms in total. The largest absolute Gasteiger partial charge is 0.392 e. The lowest BCUT2D eigenvalue weighted by Gasteiger charge is -2.27. The van der Waals surface area contributed by atoms with Crippen LogP contribution in [0.3, 0.4) is 0 Å². The van der Waals surface area contributed by atoms with Crippen LogP contribution in [0.1, 0.15) is 24.1 Å². The highest BCUT2D eigenvalue weighted by Crippen LogP contribution is 2.19. The van der Waals surface area contributed by atoms with Gasteiger partial charge in [0.05, 0.1) is 6.61 Å². The number of anilines is 1. The highest BCUT2D eigenvalue weighted by atomic mass is 16.3. The Hall–Kier alpha value is -1.13. The number of hydrogen-bond donors (Lipinski definition) is 1. The van der Waals surface area contributed by atoms with Gasteiger partial charge < -0.3 is 14.9 Å². The first-order valence-corrected chi connectivity index (χ1v) is 6.60. The summed E-state index contributed by atoms with van der Waals surface area (Å²) in [6.07, 6.45) is 2.55. The average Bonchev–Trinajstić information content (AvgIpc) is 2.74. The lowest BCUT2D eigenvalue weighted by atomic mass is 10.2. The van der Waals surface area contributed by atoms with Gasteiger partial charge in [-0.05, 0) is 51.1 Å². The maximum Gasteiger partial charge on any atom is 0.128 e. The van der Waals surface area contributed by atoms with Crippen molar-refractivity contribution in [1.82, 2.24) is 9.88 Å². The summed E-state index contributed by atoms with van der Waals surface area (Å²) in [5.41, 5.74) is 1.90. The number of hydrogen-bond acceptors (Lipinski definition) is 4. The summed E-state index contributed by atoms with van der Waals surface area (Å²) in [6, 6.07) is 4.52. The van der Waals surface area contributed by atoms with Crippen molar-refractivity contribution in [3.63, 3.8) is 0 Å². The molecule has 1 aliphatic heterocycles. The van der Waals surface area contributed by atoms with Gasteiger partial charge in [-0.2, -0.15) is 0 Å². The van der Waals surface area contributed by atoms with Crippen LogP contribution in [0.5, 0.6) is 0 Å². The predicted molar refractivity (Wildman–Crippen MR) is 73.8 cm³/mol. The van der Waals surface area contributed by atoms with Crippen molar-refractivity contribution in [3.8, 4) is 0 Å². The molecule has 0 amide bonds. The first-order chi connectivity index (χ1) is 8.60. The van der Waals surface area contributed by atoms with Crippen LogP contribution in [0.25, 0.3) is 0 Å². The van der Waals surface area contributed by atoms with Crippen LogP contribution in [-0.2, 0) is 6.61 Å². The van der Waals surface area contributed by atoms with E-state index in [0.717, 1.165) is 23.6 Å². The third-order valence-corrected chi connectivity index (χ3v) is 3.73. The van der Waals surface area contributed by atoms with Crippen molar-refractivity contribution in [2.24, 2.45) is 0 Å². The summed E-state index contributed by atoms with van der Waals surface area (Å²) in [4.78, 5) is 9.15. The molecule has 1 atom stereocenters. The van der Waals surface area contributed by atoms with Crippen molar-refractivity contribution in [2.75, 3.05) is 32.1 Å². The lowest BCUT2D eigenvalue weighted by Crippen LogP contribution is -2.37. The fourth-order valence-corrected chi connectivity index (χ4v) is 2.63. The van der Waals surface area contributed by atoms with E-state index in [2.05, 4.69) is 28.9 Å². The zero-order valence-corrected chi connectivity index (χ0v) is 11.6. The molecule has 0 aliphatic carbocycles. The van der Waals surface area contributed by atoms with Crippen molar-refractivity contribution < 1.29 is 5.11 Å². The molecule has 0 radical (unpaired) electrons. The number of aliphatic hydroxyl groups excluding tert-OH is 1. The number of aromatic nitrogens is 1. The molecule has 1 saturated heterocycles. The zero-order chi connectivity index (χ0) is 13.1. The number of likely N-dealkylation sites (N-methyl/N-ethyl adjacent to an activating group) is 2. The summed E-state index contributed by atoms with van der Waals surface area (Å²) >= 11 is 0. The quantitative estimate of drug-likeness (QED) is 0.876. The van der Waals surface area contributed by atoms with Crippen molar-refractivity contribution >= 4 is 5.82 Å². The molecule has 1 unspecified atom stereocenters. The standard InChI is InChI=1S/C14H23N3O/c1-11-7-12(10-18)8-14(15-11)17(3)9-13-5-4-6-16(13)2/h7-8,13,18H,4-6,9-10H2,1-3H3. The summed E-state index contributed by atoms with van der Waals surface area (Å²) < 4.78 is 0. The van der Waals surface area contributed by atoms with Gasteiger partial charge in [0.1, 0.15) is 5.82 Å². The Bertz CT molecular complexity index is 408. The van der Waals surface area contributed by atoms with Gasteiger partial charge in [-0.15, -0.1) is 0 Å². The van der Waals surface area contributed by atoms with Gasteiger partial charge >= 0.3 is 0 Å². The Morgan fingerprint density at radius 3 is 2.89 bits per heavy atom. The van der Waals surface area contributed by atoms with Gasteiger partial charge in [0.2, 0.25) is 0 Å². The first kappa shape index (κ1) is 13.3. The predicted octanol–water partition coefficient (Wildman–Crippen LogP) is 1.41. The van der Waals surface area contributed by atoms with E-state index < -0.39 is 0 Å². The van der Waals surface area contributed by atoms with Crippen molar-refractivity contribution in [3.05, 3.63) is 23.4 Å². The van der Waals surface area contributed by atoms with Crippen LogP contribution in [0.2, 0.25) is 0 Å². The Morgan fingerprint density at radius 1 is 1.50 bits per heavy atom. The normalized spacial score (nSPS) is 20.3. The smallest absolute Gasteiger partial charge is 0.128 e. The third kappa shape index (κ3) is 3.00. The van der Waals surface area contributed by atoms with E-state index in [0.29, 0.717) is 6.04 Å². The molecule has 0 saturated carbocycles. The molecule has 0 spiro atoms. The molecule has 2 rings (SSSR count). The maximum atomic E-state index is 9.24. The van der Waals surface area contributed by atoms with Gasteiger partial charge in [0.25, 0.3) is 0 Å². The lowest BCUT2D eigenvalue weighted by molar-refractivity contribution is 0.281. The van der Waals surface area contributed by atoms with Crippen LogP contribution in [-0.4, -0.2) is 48.2 Å². The molecule has 18 heavy (non-hydrogen) atoms. The minimum Gasteiger partial charge on any atom is -0.392 e. The zero-order valence-electron chi connectivity index (χ0n) is 11.6. The number of aryl methyl sites for hydroxylation is 1. The van der Waals surface area contributed by atoms with Crippen LogP contribution in [0.4, 0.5) is 5.82 Å². The molecule has 1 aromatic heterocycles. The molecule has 1 N–H and O–H groups in total. The molecule has 4 heteroatoms. The Morgan fingerprint density at radius 2 is 2.28 bits per heavy atom. The monoisotopic (exact) mass is 249 g/mol. The van der Waals surface area contributed by atoms with E-state index in [4.69, 9.17) is 0 Å². The number of rotatable bonds is 4. The Labute approximate surface area is 109 Å². The van der Waals surface area contributed by atoms with E-state index in [1.165, 1.54) is 19.4 Å². The highest BCUT2D eigenvalue weighted by molar-refractivity contribution is 5.42. The molecule has 100 valence electrons. The maximum absolute atomic E-state index is 9.24. The number of aliphatic hydroxyl groups is 1. The van der Waals surface area contributed by atoms with Gasteiger partial charge in [0.15, 0.2) is 0 Å². The van der Waals surface area contributed by atoms with Crippen molar-refractivity contribution in [1.29, 1.82) is 0 Å². The van der Waals surface area contributed by atoms with Gasteiger partial charge in [-0.25, -0.2) is 4.98 Å². The summed E-state index contributed by atoms with van der Waals surface area (Å²) in [5, 5.41) is 9.24. The van der Waals surface area contributed by atoms with E-state index in [9.17, 15) is 5.11 Å². The van der Waals surface area contributed by atoms with Crippen LogP contribution < -0.4 is 4.90 Å². The fraction of sp³-hybridized carbons (Fsp3) is 0.643. The molecular formula is C14H23N3O. The average molecular weight is 249 g/mol. The SMILES string of the molecule is Cc1cc(CO)cc(N(C)CC2CCCN2C)n1. The molecule has 1 fully saturated rings. The molecule has 0 bridgehead atoms. The van der Waals surface area contributed by atoms with E-state index >= 15 is 0 Å². The van der Waals surface area contributed by atoms with E-state index in [1.54, 1.807) is 0 Å². The van der Waals surface area contributed by atoms with Crippen LogP contribution in [0, 0.1) is 6.92 Å². The fourth-order valence-electron chi connectivity index (χ4n) is 2.63. The van der Waals surface area contributed by atoms with Gasteiger partial charge in [-0.1, -0.05) is 0 Å². The molecule has 1 aromatic rings. The third-order valence-electron chi connectivity index (χ3n) is 3.73. The minimum atomic E-state index is 0.0769. The summed E-state index contributed by atoms with van der Waals surface area (Å²) in [6.45, 7) is 4.24. The second-order valence-corrected chi connectivity index (χ2v) is 5.29. The topological polar surface area (TPSA) is 39.6 Å². The van der Waals surface area contributed by atoms with Gasteiger partial charge in [-0.3, -0.25) is 0 Å². The highest BCUT2D eigenvalue weighted by Gasteiger charge is 2.22. The van der Waals surface area contributed by atoms with E-state index in [1.807, 2.05) is 19.1 Å². The molecule has 0 aromatic carbocycles. The van der Waals surface area contributed by atoms with E-state index in [-0.39, 0.29) is 6.61 Å². The molecular weight excluding hydrogens is 226 g/mol. The Kier molecular flexibility index (Phi) is 4.19. The summed E-state index contributed by atoms with van der Waals surface area (Å²) in [5.74, 6) is 0.958. The van der Waals surface area contributed by atoms with Crippen molar-refractivity contribution in [2.45, 2.75) is 32.4 Å². The number of nitrogens with zero attached hydrogens (tertiary/aromatic N) is 3. The Balaban J connectivity index is 2.08. The van der Waals surface area contributed by atoms with Crippen LogP contribution in [0.15, 0.2) is 12.1 Å².